The van der Waals surface area contributed by atoms with Crippen molar-refractivity contribution in [2.45, 2.75) is 26.5 Å². The highest BCUT2D eigenvalue weighted by molar-refractivity contribution is 7.71. The van der Waals surface area contributed by atoms with Gasteiger partial charge in [-0.1, -0.05) is 11.6 Å². The summed E-state index contributed by atoms with van der Waals surface area (Å²) in [5.41, 5.74) is 2.10. The molecule has 1 atom stereocenters. The van der Waals surface area contributed by atoms with E-state index in [0.717, 1.165) is 11.0 Å². The number of hydrogen-bond acceptors (Lipinski definition) is 5. The standard InChI is InChI=1S/C20H17ClN4O3S/c1-3-25-18(26)13-6-4-11(8-15(13)24-20(25)29)19(27)28-10(2)17-22-14-7-5-12(21)9-16(14)23-17/h4-10H,3H2,1-2H3,(H,22,23)(H,24,29). The van der Waals surface area contributed by atoms with E-state index in [0.29, 0.717) is 38.6 Å². The van der Waals surface area contributed by atoms with Gasteiger partial charge in [-0.25, -0.2) is 9.78 Å². The van der Waals surface area contributed by atoms with Gasteiger partial charge in [0.05, 0.1) is 27.5 Å². The molecule has 4 rings (SSSR count). The average Bonchev–Trinajstić information content (AvgIpc) is 3.11. The Morgan fingerprint density at radius 3 is 2.79 bits per heavy atom. The predicted octanol–water partition coefficient (Wildman–Crippen LogP) is 4.53. The number of ether oxygens (including phenoxy) is 1. The van der Waals surface area contributed by atoms with Crippen molar-refractivity contribution >= 4 is 51.7 Å². The second-order valence-corrected chi connectivity index (χ2v) is 7.39. The molecule has 2 aromatic carbocycles. The highest BCUT2D eigenvalue weighted by atomic mass is 35.5. The van der Waals surface area contributed by atoms with E-state index in [4.69, 9.17) is 28.6 Å². The largest absolute Gasteiger partial charge is 0.451 e. The molecule has 0 bridgehead atoms. The van der Waals surface area contributed by atoms with Crippen molar-refractivity contribution < 1.29 is 9.53 Å². The zero-order chi connectivity index (χ0) is 20.7. The van der Waals surface area contributed by atoms with Gasteiger partial charge in [-0.05, 0) is 62.5 Å². The Balaban J connectivity index is 1.62. The van der Waals surface area contributed by atoms with Crippen molar-refractivity contribution in [3.8, 4) is 0 Å². The minimum atomic E-state index is -0.601. The van der Waals surface area contributed by atoms with Gasteiger partial charge in [0.2, 0.25) is 0 Å². The van der Waals surface area contributed by atoms with Crippen molar-refractivity contribution in [3.05, 3.63) is 67.9 Å². The molecule has 0 saturated heterocycles. The van der Waals surface area contributed by atoms with E-state index in [1.807, 2.05) is 6.92 Å². The lowest BCUT2D eigenvalue weighted by molar-refractivity contribution is 0.0322. The Morgan fingerprint density at radius 2 is 2.03 bits per heavy atom. The van der Waals surface area contributed by atoms with Crippen LogP contribution in [0.2, 0.25) is 5.02 Å². The molecule has 1 unspecified atom stereocenters. The number of halogens is 1. The Hall–Kier alpha value is -2.97. The van der Waals surface area contributed by atoms with Gasteiger partial charge in [0.25, 0.3) is 5.56 Å². The molecule has 0 radical (unpaired) electrons. The minimum Gasteiger partial charge on any atom is -0.451 e. The summed E-state index contributed by atoms with van der Waals surface area (Å²) in [6.45, 7) is 4.04. The Bertz CT molecular complexity index is 1370. The number of H-pyrrole nitrogens is 2. The van der Waals surface area contributed by atoms with Gasteiger partial charge in [-0.2, -0.15) is 0 Å². The van der Waals surface area contributed by atoms with Crippen LogP contribution in [0.25, 0.3) is 21.9 Å². The SMILES string of the molecule is CCn1c(=S)[nH]c2cc(C(=O)OC(C)c3nc4ccc(Cl)cc4[nH]3)ccc2c1=O. The molecule has 0 saturated carbocycles. The van der Waals surface area contributed by atoms with E-state index in [-0.39, 0.29) is 5.56 Å². The van der Waals surface area contributed by atoms with E-state index >= 15 is 0 Å². The van der Waals surface area contributed by atoms with E-state index in [1.165, 1.54) is 4.57 Å². The van der Waals surface area contributed by atoms with E-state index in [1.54, 1.807) is 43.3 Å². The predicted molar refractivity (Wildman–Crippen MR) is 114 cm³/mol. The molecule has 0 fully saturated rings. The number of benzene rings is 2. The topological polar surface area (TPSA) is 92.8 Å². The molecule has 2 aromatic heterocycles. The van der Waals surface area contributed by atoms with E-state index < -0.39 is 12.1 Å². The minimum absolute atomic E-state index is 0.194. The molecule has 0 aliphatic carbocycles. The lowest BCUT2D eigenvalue weighted by Gasteiger charge is -2.11. The normalized spacial score (nSPS) is 12.4. The number of esters is 1. The number of fused-ring (bicyclic) bond motifs is 2. The Kier molecular flexibility index (Phi) is 4.97. The third-order valence-electron chi connectivity index (χ3n) is 4.66. The molecule has 0 spiro atoms. The number of nitrogens with one attached hydrogen (secondary N) is 2. The third kappa shape index (κ3) is 3.56. The smallest absolute Gasteiger partial charge is 0.338 e. The summed E-state index contributed by atoms with van der Waals surface area (Å²) in [5, 5.41) is 1.05. The Labute approximate surface area is 175 Å². The zero-order valence-electron chi connectivity index (χ0n) is 15.7. The lowest BCUT2D eigenvalue weighted by atomic mass is 10.1. The molecule has 0 amide bonds. The molecular formula is C20H17ClN4O3S. The van der Waals surface area contributed by atoms with Crippen LogP contribution in [-0.2, 0) is 11.3 Å². The van der Waals surface area contributed by atoms with Crippen LogP contribution in [-0.4, -0.2) is 25.5 Å². The third-order valence-corrected chi connectivity index (χ3v) is 5.22. The summed E-state index contributed by atoms with van der Waals surface area (Å²) in [6.07, 6.45) is -0.601. The summed E-state index contributed by atoms with van der Waals surface area (Å²) in [4.78, 5) is 35.6. The molecule has 148 valence electrons. The first kappa shape index (κ1) is 19.4. The summed E-state index contributed by atoms with van der Waals surface area (Å²) < 4.78 is 7.32. The van der Waals surface area contributed by atoms with Crippen molar-refractivity contribution in [1.29, 1.82) is 0 Å². The number of aromatic nitrogens is 4. The fraction of sp³-hybridized carbons (Fsp3) is 0.200. The molecular weight excluding hydrogens is 412 g/mol. The number of aromatic amines is 2. The highest BCUT2D eigenvalue weighted by Crippen LogP contribution is 2.22. The maximum absolute atomic E-state index is 12.6. The van der Waals surface area contributed by atoms with Crippen molar-refractivity contribution in [2.75, 3.05) is 0 Å². The summed E-state index contributed by atoms with van der Waals surface area (Å²) >= 11 is 11.2. The molecule has 7 nitrogen and oxygen atoms in total. The van der Waals surface area contributed by atoms with Crippen molar-refractivity contribution in [3.63, 3.8) is 0 Å². The maximum atomic E-state index is 12.6. The highest BCUT2D eigenvalue weighted by Gasteiger charge is 2.18. The second-order valence-electron chi connectivity index (χ2n) is 6.57. The van der Waals surface area contributed by atoms with Gasteiger partial charge in [0.1, 0.15) is 5.82 Å². The fourth-order valence-electron chi connectivity index (χ4n) is 3.15. The first-order valence-corrected chi connectivity index (χ1v) is 9.79. The molecule has 9 heteroatoms. The number of carbonyl (C=O) groups excluding carboxylic acids is 1. The van der Waals surface area contributed by atoms with E-state index in [9.17, 15) is 9.59 Å². The number of nitrogens with zero attached hydrogens (tertiary/aromatic N) is 2. The van der Waals surface area contributed by atoms with Crippen LogP contribution in [0.5, 0.6) is 0 Å². The Morgan fingerprint density at radius 1 is 1.24 bits per heavy atom. The van der Waals surface area contributed by atoms with Crippen molar-refractivity contribution in [2.24, 2.45) is 0 Å². The molecule has 0 aliphatic rings. The molecule has 2 N–H and O–H groups in total. The van der Waals surface area contributed by atoms with Gasteiger partial charge in [0.15, 0.2) is 10.9 Å². The zero-order valence-corrected chi connectivity index (χ0v) is 17.2. The van der Waals surface area contributed by atoms with Crippen LogP contribution >= 0.6 is 23.8 Å². The van der Waals surface area contributed by atoms with Gasteiger partial charge in [-0.3, -0.25) is 9.36 Å². The van der Waals surface area contributed by atoms with Gasteiger partial charge in [0, 0.05) is 11.6 Å². The van der Waals surface area contributed by atoms with Crippen LogP contribution in [0.4, 0.5) is 0 Å². The fourth-order valence-corrected chi connectivity index (χ4v) is 3.64. The first-order chi connectivity index (χ1) is 13.9. The van der Waals surface area contributed by atoms with Gasteiger partial charge < -0.3 is 14.7 Å². The lowest BCUT2D eigenvalue weighted by Crippen LogP contribution is -2.21. The molecule has 29 heavy (non-hydrogen) atoms. The second kappa shape index (κ2) is 7.46. The average molecular weight is 429 g/mol. The molecule has 4 aromatic rings. The van der Waals surface area contributed by atoms with Crippen LogP contribution < -0.4 is 5.56 Å². The van der Waals surface area contributed by atoms with Crippen LogP contribution in [0.1, 0.15) is 36.1 Å². The number of carbonyl (C=O) groups is 1. The number of rotatable bonds is 4. The van der Waals surface area contributed by atoms with Crippen LogP contribution in [0, 0.1) is 4.77 Å². The quantitative estimate of drug-likeness (QED) is 0.368. The van der Waals surface area contributed by atoms with Gasteiger partial charge in [-0.15, -0.1) is 0 Å². The van der Waals surface area contributed by atoms with Crippen molar-refractivity contribution in [1.82, 2.24) is 19.5 Å². The van der Waals surface area contributed by atoms with Gasteiger partial charge >= 0.3 is 5.97 Å². The molecule has 0 aliphatic heterocycles. The summed E-state index contributed by atoms with van der Waals surface area (Å²) in [7, 11) is 0. The van der Waals surface area contributed by atoms with Crippen LogP contribution in [0.3, 0.4) is 0 Å². The number of hydrogen-bond donors (Lipinski definition) is 2. The monoisotopic (exact) mass is 428 g/mol. The van der Waals surface area contributed by atoms with E-state index in [2.05, 4.69) is 15.0 Å². The number of imidazole rings is 1. The van der Waals surface area contributed by atoms with Crippen LogP contribution in [0.15, 0.2) is 41.2 Å². The molecule has 2 heterocycles. The summed E-state index contributed by atoms with van der Waals surface area (Å²) in [5.74, 6) is -0.0153. The first-order valence-electron chi connectivity index (χ1n) is 9.00. The summed E-state index contributed by atoms with van der Waals surface area (Å²) in [6, 6.07) is 10.0. The maximum Gasteiger partial charge on any atom is 0.338 e.